The number of hydrogen-bond donors (Lipinski definition) is 0. The van der Waals surface area contributed by atoms with Crippen molar-refractivity contribution in [2.45, 2.75) is 25.9 Å². The first-order valence-electron chi connectivity index (χ1n) is 8.03. The van der Waals surface area contributed by atoms with Crippen molar-refractivity contribution in [3.63, 3.8) is 0 Å². The third-order valence-electron chi connectivity index (χ3n) is 4.13. The van der Waals surface area contributed by atoms with Crippen molar-refractivity contribution < 1.29 is 22.4 Å². The fourth-order valence-corrected chi connectivity index (χ4v) is 4.67. The maximum absolute atomic E-state index is 12.7. The van der Waals surface area contributed by atoms with E-state index in [0.29, 0.717) is 26.1 Å². The van der Waals surface area contributed by atoms with Crippen LogP contribution >= 0.6 is 0 Å². The number of rotatable bonds is 8. The summed E-state index contributed by atoms with van der Waals surface area (Å²) in [6.45, 7) is 3.41. The molecule has 0 N–H and O–H groups in total. The highest BCUT2D eigenvalue weighted by atomic mass is 32.2. The van der Waals surface area contributed by atoms with E-state index in [9.17, 15) is 13.2 Å². The third-order valence-corrected chi connectivity index (χ3v) is 5.88. The molecule has 7 nitrogen and oxygen atoms in total. The van der Waals surface area contributed by atoms with E-state index in [1.807, 2.05) is 31.0 Å². The van der Waals surface area contributed by atoms with Gasteiger partial charge in [-0.05, 0) is 32.5 Å². The summed E-state index contributed by atoms with van der Waals surface area (Å²) in [4.78, 5) is 16.2. The zero-order chi connectivity index (χ0) is 17.7. The summed E-state index contributed by atoms with van der Waals surface area (Å²) in [5.41, 5.74) is 0. The normalized spacial score (nSPS) is 19.8. The quantitative estimate of drug-likeness (QED) is 0.680. The number of furan rings is 1. The summed E-state index contributed by atoms with van der Waals surface area (Å²) >= 11 is 0. The van der Waals surface area contributed by atoms with Crippen LogP contribution in [0.1, 0.15) is 17.9 Å². The van der Waals surface area contributed by atoms with Crippen molar-refractivity contribution in [2.24, 2.45) is 0 Å². The molecule has 0 spiro atoms. The van der Waals surface area contributed by atoms with Gasteiger partial charge in [0.05, 0.1) is 31.2 Å². The number of aryl methyl sites for hydroxylation is 1. The van der Waals surface area contributed by atoms with E-state index in [-0.39, 0.29) is 30.0 Å². The SMILES string of the molecule is COCCN(C(=O)CN(C)Cc1ccc(C)o1)C1CCS(=O)(=O)C1. The topological polar surface area (TPSA) is 80.1 Å². The molecule has 1 aromatic heterocycles. The van der Waals surface area contributed by atoms with Crippen LogP contribution in [0.25, 0.3) is 0 Å². The van der Waals surface area contributed by atoms with Crippen LogP contribution in [0, 0.1) is 6.92 Å². The zero-order valence-corrected chi connectivity index (χ0v) is 15.3. The molecule has 1 saturated heterocycles. The lowest BCUT2D eigenvalue weighted by atomic mass is 10.2. The molecule has 24 heavy (non-hydrogen) atoms. The van der Waals surface area contributed by atoms with Gasteiger partial charge in [0.1, 0.15) is 11.5 Å². The van der Waals surface area contributed by atoms with Gasteiger partial charge >= 0.3 is 0 Å². The summed E-state index contributed by atoms with van der Waals surface area (Å²) in [5, 5.41) is 0. The predicted octanol–water partition coefficient (Wildman–Crippen LogP) is 0.682. The second-order valence-electron chi connectivity index (χ2n) is 6.32. The maximum atomic E-state index is 12.7. The Morgan fingerprint density at radius 2 is 2.17 bits per heavy atom. The van der Waals surface area contributed by atoms with Gasteiger partial charge in [0.25, 0.3) is 0 Å². The Balaban J connectivity index is 1.96. The number of sulfone groups is 1. The first kappa shape index (κ1) is 19.0. The van der Waals surface area contributed by atoms with Gasteiger partial charge in [-0.1, -0.05) is 0 Å². The Morgan fingerprint density at radius 1 is 1.42 bits per heavy atom. The van der Waals surface area contributed by atoms with Crippen molar-refractivity contribution in [1.29, 1.82) is 0 Å². The number of carbonyl (C=O) groups excluding carboxylic acids is 1. The van der Waals surface area contributed by atoms with Gasteiger partial charge in [0.2, 0.25) is 5.91 Å². The number of nitrogens with zero attached hydrogens (tertiary/aromatic N) is 2. The lowest BCUT2D eigenvalue weighted by molar-refractivity contribution is -0.134. The molecule has 1 amide bonds. The van der Waals surface area contributed by atoms with E-state index in [4.69, 9.17) is 9.15 Å². The van der Waals surface area contributed by atoms with Gasteiger partial charge in [-0.2, -0.15) is 0 Å². The van der Waals surface area contributed by atoms with Crippen molar-refractivity contribution in [2.75, 3.05) is 45.4 Å². The van der Waals surface area contributed by atoms with Crippen LogP contribution < -0.4 is 0 Å². The maximum Gasteiger partial charge on any atom is 0.237 e. The highest BCUT2D eigenvalue weighted by Gasteiger charge is 2.34. The van der Waals surface area contributed by atoms with Crippen molar-refractivity contribution in [3.05, 3.63) is 23.7 Å². The number of methoxy groups -OCH3 is 1. The van der Waals surface area contributed by atoms with E-state index in [0.717, 1.165) is 11.5 Å². The Labute approximate surface area is 143 Å². The molecular weight excluding hydrogens is 332 g/mol. The number of likely N-dealkylation sites (N-methyl/N-ethyl adjacent to an activating group) is 1. The standard InChI is InChI=1S/C16H26N2O5S/c1-13-4-5-15(23-13)10-17(2)11-16(19)18(7-8-22-3)14-6-9-24(20,21)12-14/h4-5,14H,6-12H2,1-3H3. The van der Waals surface area contributed by atoms with Crippen molar-refractivity contribution >= 4 is 15.7 Å². The van der Waals surface area contributed by atoms with E-state index in [1.54, 1.807) is 12.0 Å². The second-order valence-corrected chi connectivity index (χ2v) is 8.55. The predicted molar refractivity (Wildman–Crippen MR) is 90.4 cm³/mol. The third kappa shape index (κ3) is 5.32. The molecule has 1 aliphatic rings. The summed E-state index contributed by atoms with van der Waals surface area (Å²) < 4.78 is 34.0. The average molecular weight is 358 g/mol. The molecule has 1 atom stereocenters. The second kappa shape index (κ2) is 8.13. The molecule has 1 fully saturated rings. The van der Waals surface area contributed by atoms with Gasteiger partial charge in [-0.3, -0.25) is 9.69 Å². The number of amides is 1. The molecule has 2 rings (SSSR count). The summed E-state index contributed by atoms with van der Waals surface area (Å²) in [7, 11) is 0.375. The van der Waals surface area contributed by atoms with E-state index < -0.39 is 9.84 Å². The molecule has 1 aliphatic heterocycles. The molecule has 1 aromatic rings. The van der Waals surface area contributed by atoms with Crippen molar-refractivity contribution in [1.82, 2.24) is 9.80 Å². The van der Waals surface area contributed by atoms with E-state index in [2.05, 4.69) is 0 Å². The van der Waals surface area contributed by atoms with E-state index in [1.165, 1.54) is 0 Å². The minimum atomic E-state index is -3.04. The Kier molecular flexibility index (Phi) is 6.42. The number of ether oxygens (including phenoxy) is 1. The van der Waals surface area contributed by atoms with Crippen LogP contribution in [-0.2, 0) is 25.9 Å². The van der Waals surface area contributed by atoms with Gasteiger partial charge < -0.3 is 14.1 Å². The molecule has 0 aromatic carbocycles. The van der Waals surface area contributed by atoms with Gasteiger partial charge in [0.15, 0.2) is 9.84 Å². The monoisotopic (exact) mass is 358 g/mol. The highest BCUT2D eigenvalue weighted by molar-refractivity contribution is 7.91. The molecule has 0 aliphatic carbocycles. The number of carbonyl (C=O) groups is 1. The smallest absolute Gasteiger partial charge is 0.237 e. The van der Waals surface area contributed by atoms with Crippen LogP contribution in [0.2, 0.25) is 0 Å². The Bertz CT molecular complexity index is 655. The van der Waals surface area contributed by atoms with Gasteiger partial charge in [-0.25, -0.2) is 8.42 Å². The van der Waals surface area contributed by atoms with Gasteiger partial charge in [-0.15, -0.1) is 0 Å². The average Bonchev–Trinajstić information content (AvgIpc) is 3.05. The Morgan fingerprint density at radius 3 is 2.71 bits per heavy atom. The molecular formula is C16H26N2O5S. The molecule has 8 heteroatoms. The van der Waals surface area contributed by atoms with Crippen molar-refractivity contribution in [3.8, 4) is 0 Å². The summed E-state index contributed by atoms with van der Waals surface area (Å²) in [6, 6.07) is 3.53. The summed E-state index contributed by atoms with van der Waals surface area (Å²) in [5.74, 6) is 1.75. The molecule has 136 valence electrons. The van der Waals surface area contributed by atoms with E-state index >= 15 is 0 Å². The minimum absolute atomic E-state index is 0.0452. The first-order chi connectivity index (χ1) is 11.3. The fourth-order valence-electron chi connectivity index (χ4n) is 2.94. The first-order valence-corrected chi connectivity index (χ1v) is 9.85. The van der Waals surface area contributed by atoms with Crippen LogP contribution in [0.5, 0.6) is 0 Å². The fraction of sp³-hybridized carbons (Fsp3) is 0.688. The molecule has 0 bridgehead atoms. The summed E-state index contributed by atoms with van der Waals surface area (Å²) in [6.07, 6.45) is 0.499. The molecule has 0 radical (unpaired) electrons. The lowest BCUT2D eigenvalue weighted by Gasteiger charge is -2.29. The molecule has 1 unspecified atom stereocenters. The molecule has 0 saturated carbocycles. The lowest BCUT2D eigenvalue weighted by Crippen LogP contribution is -2.46. The molecule has 2 heterocycles. The van der Waals surface area contributed by atoms with Crippen LogP contribution in [-0.4, -0.2) is 75.5 Å². The minimum Gasteiger partial charge on any atom is -0.465 e. The van der Waals surface area contributed by atoms with Crippen LogP contribution in [0.4, 0.5) is 0 Å². The largest absolute Gasteiger partial charge is 0.465 e. The zero-order valence-electron chi connectivity index (χ0n) is 14.5. The highest BCUT2D eigenvalue weighted by Crippen LogP contribution is 2.18. The van der Waals surface area contributed by atoms with Crippen LogP contribution in [0.3, 0.4) is 0 Å². The van der Waals surface area contributed by atoms with Gasteiger partial charge in [0, 0.05) is 19.7 Å². The number of hydrogen-bond acceptors (Lipinski definition) is 6. The van der Waals surface area contributed by atoms with Crippen LogP contribution in [0.15, 0.2) is 16.5 Å². The Hall–Kier alpha value is -1.38.